The van der Waals surface area contributed by atoms with E-state index >= 15 is 0 Å². The van der Waals surface area contributed by atoms with Gasteiger partial charge in [0, 0.05) is 18.0 Å². The summed E-state index contributed by atoms with van der Waals surface area (Å²) < 4.78 is 0. The summed E-state index contributed by atoms with van der Waals surface area (Å²) >= 11 is 0. The molecule has 84 valence electrons. The van der Waals surface area contributed by atoms with Crippen LogP contribution in [-0.4, -0.2) is 23.4 Å². The Morgan fingerprint density at radius 1 is 1.12 bits per heavy atom. The summed E-state index contributed by atoms with van der Waals surface area (Å²) in [5, 5.41) is 21.1. The average molecular weight is 217 g/mol. The first kappa shape index (κ1) is 10.9. The highest BCUT2D eigenvalue weighted by molar-refractivity contribution is 5.88. The molecular formula is C13H15NO2. The van der Waals surface area contributed by atoms with Crippen molar-refractivity contribution in [2.45, 2.75) is 5.92 Å². The van der Waals surface area contributed by atoms with E-state index in [-0.39, 0.29) is 18.3 Å². The van der Waals surface area contributed by atoms with E-state index in [0.29, 0.717) is 6.54 Å². The molecule has 0 saturated carbocycles. The molecule has 0 radical (unpaired) electrons. The number of nitrogens with two attached hydrogens (primary N) is 1. The zero-order valence-electron chi connectivity index (χ0n) is 8.93. The van der Waals surface area contributed by atoms with Crippen LogP contribution in [-0.2, 0) is 0 Å². The van der Waals surface area contributed by atoms with E-state index in [1.165, 1.54) is 0 Å². The Bertz CT molecular complexity index is 492. The molecule has 0 saturated heterocycles. The molecule has 0 heterocycles. The van der Waals surface area contributed by atoms with Crippen LogP contribution < -0.4 is 5.73 Å². The molecule has 0 fully saturated rings. The van der Waals surface area contributed by atoms with Crippen LogP contribution in [0.25, 0.3) is 10.8 Å². The highest BCUT2D eigenvalue weighted by Crippen LogP contribution is 2.32. The minimum absolute atomic E-state index is 0.0575. The van der Waals surface area contributed by atoms with Gasteiger partial charge in [-0.15, -0.1) is 0 Å². The maximum atomic E-state index is 9.87. The minimum Gasteiger partial charge on any atom is -0.508 e. The molecule has 0 bridgehead atoms. The number of phenols is 1. The molecule has 2 rings (SSSR count). The summed E-state index contributed by atoms with van der Waals surface area (Å²) in [6, 6.07) is 11.3. The third-order valence-corrected chi connectivity index (χ3v) is 2.86. The molecule has 0 aliphatic heterocycles. The van der Waals surface area contributed by atoms with E-state index < -0.39 is 0 Å². The third-order valence-electron chi connectivity index (χ3n) is 2.86. The normalized spacial score (nSPS) is 12.9. The van der Waals surface area contributed by atoms with Crippen LogP contribution in [0.2, 0.25) is 0 Å². The molecule has 1 unspecified atom stereocenters. The number of benzene rings is 2. The first-order valence-electron chi connectivity index (χ1n) is 5.29. The molecule has 4 N–H and O–H groups in total. The Morgan fingerprint density at radius 2 is 1.88 bits per heavy atom. The summed E-state index contributed by atoms with van der Waals surface area (Å²) in [4.78, 5) is 0. The van der Waals surface area contributed by atoms with Gasteiger partial charge in [-0.2, -0.15) is 0 Å². The second-order valence-electron chi connectivity index (χ2n) is 3.83. The zero-order chi connectivity index (χ0) is 11.5. The van der Waals surface area contributed by atoms with E-state index in [2.05, 4.69) is 0 Å². The predicted molar refractivity (Wildman–Crippen MR) is 64.5 cm³/mol. The van der Waals surface area contributed by atoms with Gasteiger partial charge in [0.1, 0.15) is 5.75 Å². The minimum atomic E-state index is -0.217. The molecule has 1 atom stereocenters. The maximum Gasteiger partial charge on any atom is 0.119 e. The fraction of sp³-hybridized carbons (Fsp3) is 0.231. The van der Waals surface area contributed by atoms with Crippen molar-refractivity contribution in [3.8, 4) is 5.75 Å². The second kappa shape index (κ2) is 4.51. The van der Waals surface area contributed by atoms with Gasteiger partial charge in [0.25, 0.3) is 0 Å². The molecule has 0 amide bonds. The monoisotopic (exact) mass is 217 g/mol. The highest BCUT2D eigenvalue weighted by atomic mass is 16.3. The Kier molecular flexibility index (Phi) is 3.08. The highest BCUT2D eigenvalue weighted by Gasteiger charge is 2.15. The SMILES string of the molecule is NCC(CO)c1c(O)ccc2ccccc12. The van der Waals surface area contributed by atoms with E-state index in [9.17, 15) is 10.2 Å². The van der Waals surface area contributed by atoms with Crippen molar-refractivity contribution >= 4 is 10.8 Å². The van der Waals surface area contributed by atoms with E-state index in [1.807, 2.05) is 30.3 Å². The Balaban J connectivity index is 2.69. The van der Waals surface area contributed by atoms with Crippen molar-refractivity contribution in [2.75, 3.05) is 13.2 Å². The first-order valence-corrected chi connectivity index (χ1v) is 5.29. The summed E-state index contributed by atoms with van der Waals surface area (Å²) in [7, 11) is 0. The van der Waals surface area contributed by atoms with Gasteiger partial charge in [-0.3, -0.25) is 0 Å². The van der Waals surface area contributed by atoms with Crippen molar-refractivity contribution in [1.29, 1.82) is 0 Å². The predicted octanol–water partition coefficient (Wildman–Crippen LogP) is 1.58. The molecule has 2 aromatic carbocycles. The largest absolute Gasteiger partial charge is 0.508 e. The Labute approximate surface area is 94.1 Å². The first-order chi connectivity index (χ1) is 7.77. The van der Waals surface area contributed by atoms with Gasteiger partial charge in [0.05, 0.1) is 6.61 Å². The number of hydrogen-bond acceptors (Lipinski definition) is 3. The van der Waals surface area contributed by atoms with Crippen LogP contribution in [0.15, 0.2) is 36.4 Å². The molecule has 2 aromatic rings. The van der Waals surface area contributed by atoms with Crippen LogP contribution in [0.4, 0.5) is 0 Å². The quantitative estimate of drug-likeness (QED) is 0.731. The molecule has 3 nitrogen and oxygen atoms in total. The summed E-state index contributed by atoms with van der Waals surface area (Å²) in [6.45, 7) is 0.260. The molecule has 16 heavy (non-hydrogen) atoms. The van der Waals surface area contributed by atoms with E-state index in [4.69, 9.17) is 5.73 Å². The van der Waals surface area contributed by atoms with Crippen molar-refractivity contribution in [3.63, 3.8) is 0 Å². The number of fused-ring (bicyclic) bond motifs is 1. The van der Waals surface area contributed by atoms with Crippen LogP contribution in [0.1, 0.15) is 11.5 Å². The van der Waals surface area contributed by atoms with Gasteiger partial charge >= 0.3 is 0 Å². The maximum absolute atomic E-state index is 9.87. The average Bonchev–Trinajstić information content (AvgIpc) is 2.33. The van der Waals surface area contributed by atoms with Gasteiger partial charge in [-0.25, -0.2) is 0 Å². The van der Waals surface area contributed by atoms with Gasteiger partial charge in [-0.05, 0) is 16.8 Å². The topological polar surface area (TPSA) is 66.5 Å². The van der Waals surface area contributed by atoms with E-state index in [0.717, 1.165) is 16.3 Å². The molecular weight excluding hydrogens is 202 g/mol. The third kappa shape index (κ3) is 1.75. The standard InChI is InChI=1S/C13H15NO2/c14-7-10(8-15)13-11-4-2-1-3-9(11)5-6-12(13)16/h1-6,10,15-16H,7-8,14H2. The van der Waals surface area contributed by atoms with Crippen LogP contribution in [0.5, 0.6) is 5.75 Å². The molecule has 3 heteroatoms. The summed E-state index contributed by atoms with van der Waals surface area (Å²) in [5.74, 6) is -0.0192. The van der Waals surface area contributed by atoms with Gasteiger partial charge in [0.15, 0.2) is 0 Å². The fourth-order valence-corrected chi connectivity index (χ4v) is 2.00. The smallest absolute Gasteiger partial charge is 0.119 e. The van der Waals surface area contributed by atoms with Crippen molar-refractivity contribution < 1.29 is 10.2 Å². The van der Waals surface area contributed by atoms with Crippen LogP contribution >= 0.6 is 0 Å². The lowest BCUT2D eigenvalue weighted by atomic mass is 9.93. The zero-order valence-corrected chi connectivity index (χ0v) is 8.93. The Hall–Kier alpha value is -1.58. The lowest BCUT2D eigenvalue weighted by molar-refractivity contribution is 0.266. The number of phenolic OH excluding ortho intramolecular Hbond substituents is 1. The fourth-order valence-electron chi connectivity index (χ4n) is 2.00. The molecule has 0 aromatic heterocycles. The number of rotatable bonds is 3. The van der Waals surface area contributed by atoms with Crippen LogP contribution in [0.3, 0.4) is 0 Å². The van der Waals surface area contributed by atoms with Gasteiger partial charge in [0.2, 0.25) is 0 Å². The van der Waals surface area contributed by atoms with Gasteiger partial charge < -0.3 is 15.9 Å². The van der Waals surface area contributed by atoms with Crippen LogP contribution in [0, 0.1) is 0 Å². The number of aliphatic hydroxyl groups is 1. The molecule has 0 spiro atoms. The number of hydrogen-bond donors (Lipinski definition) is 3. The van der Waals surface area contributed by atoms with Gasteiger partial charge in [-0.1, -0.05) is 30.3 Å². The van der Waals surface area contributed by atoms with Crippen molar-refractivity contribution in [2.24, 2.45) is 5.73 Å². The van der Waals surface area contributed by atoms with Crippen molar-refractivity contribution in [3.05, 3.63) is 42.0 Å². The molecule has 0 aliphatic rings. The molecule has 0 aliphatic carbocycles. The summed E-state index contributed by atoms with van der Waals surface area (Å²) in [6.07, 6.45) is 0. The number of aromatic hydroxyl groups is 1. The van der Waals surface area contributed by atoms with E-state index in [1.54, 1.807) is 6.07 Å². The second-order valence-corrected chi connectivity index (χ2v) is 3.83. The summed E-state index contributed by atoms with van der Waals surface area (Å²) in [5.41, 5.74) is 6.34. The lowest BCUT2D eigenvalue weighted by Crippen LogP contribution is -2.16. The van der Waals surface area contributed by atoms with Crippen molar-refractivity contribution in [1.82, 2.24) is 0 Å². The Morgan fingerprint density at radius 3 is 2.56 bits per heavy atom. The number of aliphatic hydroxyl groups excluding tert-OH is 1. The lowest BCUT2D eigenvalue weighted by Gasteiger charge is -2.16.